The smallest absolute Gasteiger partial charge is 0.332 e. The molecule has 0 radical (unpaired) electrons. The summed E-state index contributed by atoms with van der Waals surface area (Å²) >= 11 is 0. The predicted molar refractivity (Wildman–Crippen MR) is 101 cm³/mol. The molecule has 0 fully saturated rings. The van der Waals surface area contributed by atoms with Gasteiger partial charge in [-0.1, -0.05) is 26.0 Å². The molecule has 0 saturated heterocycles. The minimum Gasteiger partial charge on any atom is -0.382 e. The van der Waals surface area contributed by atoms with Crippen molar-refractivity contribution in [3.8, 4) is 0 Å². The molecule has 0 amide bonds. The zero-order chi connectivity index (χ0) is 18.7. The first-order valence-corrected chi connectivity index (χ1v) is 9.63. The van der Waals surface area contributed by atoms with E-state index in [1.165, 1.54) is 4.57 Å². The lowest BCUT2D eigenvalue weighted by atomic mass is 9.89. The van der Waals surface area contributed by atoms with Crippen molar-refractivity contribution in [2.75, 3.05) is 0 Å². The number of allylic oxidation sites excluding steroid dienone is 2. The van der Waals surface area contributed by atoms with Crippen LogP contribution in [0.1, 0.15) is 64.6 Å². The maximum absolute atomic E-state index is 12.8. The molecule has 7 nitrogen and oxygen atoms in total. The van der Waals surface area contributed by atoms with Crippen LogP contribution in [-0.2, 0) is 18.7 Å². The summed E-state index contributed by atoms with van der Waals surface area (Å²) in [5.74, 6) is 0.401. The Hall–Kier alpha value is -2.15. The molecule has 0 bridgehead atoms. The topological polar surface area (TPSA) is 92.9 Å². The second-order valence-electron chi connectivity index (χ2n) is 7.11. The van der Waals surface area contributed by atoms with E-state index in [4.69, 9.17) is 0 Å². The number of H-pyrrole nitrogens is 1. The van der Waals surface area contributed by atoms with Gasteiger partial charge in [-0.3, -0.25) is 13.9 Å². The lowest BCUT2D eigenvalue weighted by molar-refractivity contribution is 0.00895. The van der Waals surface area contributed by atoms with Crippen molar-refractivity contribution in [3.05, 3.63) is 38.8 Å². The van der Waals surface area contributed by atoms with Gasteiger partial charge < -0.3 is 10.1 Å². The first kappa shape index (κ1) is 18.6. The summed E-state index contributed by atoms with van der Waals surface area (Å²) in [7, 11) is 0. The number of imidazole rings is 1. The van der Waals surface area contributed by atoms with Gasteiger partial charge in [0.25, 0.3) is 5.56 Å². The number of fused-ring (bicyclic) bond motifs is 1. The second-order valence-corrected chi connectivity index (χ2v) is 7.11. The molecule has 0 aromatic carbocycles. The molecule has 3 rings (SSSR count). The average Bonchev–Trinajstić information content (AvgIpc) is 3.05. The van der Waals surface area contributed by atoms with Gasteiger partial charge in [-0.25, -0.2) is 9.78 Å². The Morgan fingerprint density at radius 1 is 1.12 bits per heavy atom. The van der Waals surface area contributed by atoms with Crippen LogP contribution < -0.4 is 11.2 Å². The molecule has 1 aliphatic rings. The maximum atomic E-state index is 12.8. The summed E-state index contributed by atoms with van der Waals surface area (Å²) in [6, 6.07) is 0. The van der Waals surface area contributed by atoms with E-state index in [9.17, 15) is 14.7 Å². The lowest BCUT2D eigenvalue weighted by Gasteiger charge is -2.26. The molecule has 0 aliphatic heterocycles. The van der Waals surface area contributed by atoms with Crippen LogP contribution in [0.4, 0.5) is 0 Å². The molecule has 1 aliphatic carbocycles. The normalized spacial score (nSPS) is 22.3. The number of aromatic nitrogens is 4. The fourth-order valence-corrected chi connectivity index (χ4v) is 3.66. The third kappa shape index (κ3) is 3.28. The van der Waals surface area contributed by atoms with Crippen LogP contribution in [0, 0.1) is 0 Å². The highest BCUT2D eigenvalue weighted by Crippen LogP contribution is 2.32. The summed E-state index contributed by atoms with van der Waals surface area (Å²) in [6.07, 6.45) is 9.34. The van der Waals surface area contributed by atoms with Crippen LogP contribution in [0.3, 0.4) is 0 Å². The summed E-state index contributed by atoms with van der Waals surface area (Å²) in [6.45, 7) is 4.78. The third-order valence-electron chi connectivity index (χ3n) is 5.05. The molecule has 2 aromatic heterocycles. The molecule has 26 heavy (non-hydrogen) atoms. The van der Waals surface area contributed by atoms with Crippen LogP contribution in [0.25, 0.3) is 11.2 Å². The molecule has 7 heteroatoms. The van der Waals surface area contributed by atoms with Crippen molar-refractivity contribution in [2.45, 2.75) is 77.5 Å². The molecule has 2 heterocycles. The van der Waals surface area contributed by atoms with E-state index in [-0.39, 0.29) is 11.2 Å². The monoisotopic (exact) mass is 360 g/mol. The van der Waals surface area contributed by atoms with E-state index in [2.05, 4.69) is 22.1 Å². The number of aliphatic hydroxyl groups is 1. The molecule has 0 spiro atoms. The number of hydrogen-bond donors (Lipinski definition) is 2. The first-order chi connectivity index (χ1) is 12.5. The zero-order valence-electron chi connectivity index (χ0n) is 15.6. The number of rotatable bonds is 5. The predicted octanol–water partition coefficient (Wildman–Crippen LogP) is 2.41. The summed E-state index contributed by atoms with van der Waals surface area (Å²) in [5, 5.41) is 11.2. The van der Waals surface area contributed by atoms with Crippen LogP contribution in [0.15, 0.2) is 21.7 Å². The fraction of sp³-hybridized carbons (Fsp3) is 0.632. The minimum absolute atomic E-state index is 0.313. The molecule has 1 atom stereocenters. The van der Waals surface area contributed by atoms with Gasteiger partial charge in [0, 0.05) is 13.1 Å². The van der Waals surface area contributed by atoms with E-state index >= 15 is 0 Å². The average molecular weight is 360 g/mol. The standard InChI is InChI=1S/C19H28N4O3/c1-3-12-22-15-14(16(24)23(13-4-2)18(22)25)20-17(21-15)19(26)10-8-6-5-7-9-11-19/h5-6,26H,3-4,7-13H2,1-2H3,(H,20,21)/b6-5-. The van der Waals surface area contributed by atoms with E-state index in [1.807, 2.05) is 13.8 Å². The van der Waals surface area contributed by atoms with Crippen LogP contribution in [0.5, 0.6) is 0 Å². The molecule has 142 valence electrons. The molecular formula is C19H28N4O3. The van der Waals surface area contributed by atoms with E-state index in [0.29, 0.717) is 49.3 Å². The Kier molecular flexibility index (Phi) is 5.46. The van der Waals surface area contributed by atoms with E-state index in [1.54, 1.807) is 4.57 Å². The maximum Gasteiger partial charge on any atom is 0.332 e. The number of aryl methyl sites for hydroxylation is 1. The number of nitrogens with one attached hydrogen (secondary N) is 1. The Morgan fingerprint density at radius 2 is 1.81 bits per heavy atom. The van der Waals surface area contributed by atoms with Gasteiger partial charge in [0.1, 0.15) is 16.9 Å². The second kappa shape index (κ2) is 7.61. The number of aromatic amines is 1. The van der Waals surface area contributed by atoms with Crippen molar-refractivity contribution >= 4 is 11.2 Å². The molecule has 2 N–H and O–H groups in total. The van der Waals surface area contributed by atoms with Gasteiger partial charge in [0.2, 0.25) is 0 Å². The number of hydrogen-bond acceptors (Lipinski definition) is 4. The Balaban J connectivity index is 2.19. The first-order valence-electron chi connectivity index (χ1n) is 9.63. The highest BCUT2D eigenvalue weighted by Gasteiger charge is 2.33. The van der Waals surface area contributed by atoms with Crippen LogP contribution in [-0.4, -0.2) is 24.2 Å². The largest absolute Gasteiger partial charge is 0.382 e. The van der Waals surface area contributed by atoms with Gasteiger partial charge in [-0.15, -0.1) is 0 Å². The van der Waals surface area contributed by atoms with Gasteiger partial charge >= 0.3 is 5.69 Å². The van der Waals surface area contributed by atoms with Crippen molar-refractivity contribution in [3.63, 3.8) is 0 Å². The van der Waals surface area contributed by atoms with Crippen molar-refractivity contribution in [1.29, 1.82) is 0 Å². The van der Waals surface area contributed by atoms with Crippen molar-refractivity contribution < 1.29 is 5.11 Å². The molecule has 0 saturated carbocycles. The third-order valence-corrected chi connectivity index (χ3v) is 5.05. The summed E-state index contributed by atoms with van der Waals surface area (Å²) < 4.78 is 2.82. The quantitative estimate of drug-likeness (QED) is 0.801. The van der Waals surface area contributed by atoms with E-state index in [0.717, 1.165) is 25.7 Å². The number of nitrogens with zero attached hydrogens (tertiary/aromatic N) is 3. The highest BCUT2D eigenvalue weighted by atomic mass is 16.3. The lowest BCUT2D eigenvalue weighted by Crippen LogP contribution is -2.40. The van der Waals surface area contributed by atoms with Gasteiger partial charge in [0.15, 0.2) is 5.65 Å². The Morgan fingerprint density at radius 3 is 2.54 bits per heavy atom. The van der Waals surface area contributed by atoms with Gasteiger partial charge in [-0.05, 0) is 44.9 Å². The van der Waals surface area contributed by atoms with Crippen LogP contribution in [0.2, 0.25) is 0 Å². The van der Waals surface area contributed by atoms with E-state index < -0.39 is 5.60 Å². The highest BCUT2D eigenvalue weighted by molar-refractivity contribution is 5.70. The SMILES string of the molecule is CCCn1c(=O)c2[nH]c(C3(O)CC/C=C\CCC3)nc2n(CCC)c1=O. The van der Waals surface area contributed by atoms with Crippen LogP contribution >= 0.6 is 0 Å². The summed E-state index contributed by atoms with van der Waals surface area (Å²) in [4.78, 5) is 33.2. The summed E-state index contributed by atoms with van der Waals surface area (Å²) in [5.41, 5.74) is -1.11. The Labute approximate surface area is 152 Å². The van der Waals surface area contributed by atoms with Crippen molar-refractivity contribution in [2.24, 2.45) is 0 Å². The van der Waals surface area contributed by atoms with Gasteiger partial charge in [-0.2, -0.15) is 0 Å². The molecule has 1 unspecified atom stereocenters. The molecule has 2 aromatic rings. The molecular weight excluding hydrogens is 332 g/mol. The Bertz CT molecular complexity index is 921. The van der Waals surface area contributed by atoms with Crippen molar-refractivity contribution in [1.82, 2.24) is 19.1 Å². The fourth-order valence-electron chi connectivity index (χ4n) is 3.66. The zero-order valence-corrected chi connectivity index (χ0v) is 15.6. The van der Waals surface area contributed by atoms with Gasteiger partial charge in [0.05, 0.1) is 0 Å². The minimum atomic E-state index is -1.10.